The van der Waals surface area contributed by atoms with Crippen molar-refractivity contribution in [3.8, 4) is 0 Å². The number of carbonyl (C=O) groups is 1. The van der Waals surface area contributed by atoms with Crippen LogP contribution < -0.4 is 11.1 Å². The summed E-state index contributed by atoms with van der Waals surface area (Å²) < 4.78 is 4.93. The molecule has 7 heteroatoms. The predicted octanol–water partition coefficient (Wildman–Crippen LogP) is -0.128. The number of halogens is 2. The Balaban J connectivity index is -0.000000845. The van der Waals surface area contributed by atoms with Gasteiger partial charge < -0.3 is 20.7 Å². The van der Waals surface area contributed by atoms with E-state index in [9.17, 15) is 4.79 Å². The van der Waals surface area contributed by atoms with Crippen LogP contribution in [0.3, 0.4) is 0 Å². The zero-order valence-electron chi connectivity index (χ0n) is 10.1. The van der Waals surface area contributed by atoms with Crippen LogP contribution in [0.15, 0.2) is 0 Å². The maximum absolute atomic E-state index is 11.1. The van der Waals surface area contributed by atoms with E-state index < -0.39 is 6.04 Å². The lowest BCUT2D eigenvalue weighted by Gasteiger charge is -2.16. The highest BCUT2D eigenvalue weighted by Crippen LogP contribution is 1.81. The molecule has 5 nitrogen and oxygen atoms in total. The molecule has 0 unspecified atom stereocenters. The number of nitrogens with two attached hydrogens (primary N) is 1. The highest BCUT2D eigenvalue weighted by atomic mass is 35.5. The van der Waals surface area contributed by atoms with Crippen molar-refractivity contribution in [1.29, 1.82) is 0 Å². The van der Waals surface area contributed by atoms with Crippen LogP contribution >= 0.6 is 24.8 Å². The van der Waals surface area contributed by atoms with E-state index in [-0.39, 0.29) is 30.7 Å². The second-order valence-corrected chi connectivity index (χ2v) is 3.38. The predicted molar refractivity (Wildman–Crippen MR) is 70.5 cm³/mol. The fourth-order valence-electron chi connectivity index (χ4n) is 0.890. The van der Waals surface area contributed by atoms with Gasteiger partial charge in [-0.2, -0.15) is 0 Å². The van der Waals surface area contributed by atoms with Gasteiger partial charge in [0.05, 0.1) is 12.6 Å². The van der Waals surface area contributed by atoms with Crippen molar-refractivity contribution in [2.45, 2.75) is 13.0 Å². The third-order valence-electron chi connectivity index (χ3n) is 1.88. The van der Waals surface area contributed by atoms with Gasteiger partial charge in [-0.1, -0.05) is 0 Å². The molecule has 0 saturated heterocycles. The minimum absolute atomic E-state index is 0. The number of methoxy groups -OCH3 is 1. The number of amides is 1. The molecule has 0 aliphatic rings. The number of hydrogen-bond acceptors (Lipinski definition) is 4. The van der Waals surface area contributed by atoms with E-state index in [1.807, 2.05) is 7.05 Å². The third kappa shape index (κ3) is 12.0. The first kappa shape index (κ1) is 21.2. The monoisotopic (exact) mass is 275 g/mol. The molecule has 100 valence electrons. The van der Waals surface area contributed by atoms with Gasteiger partial charge in [-0.25, -0.2) is 0 Å². The van der Waals surface area contributed by atoms with Crippen LogP contribution in [0.1, 0.15) is 6.92 Å². The van der Waals surface area contributed by atoms with Gasteiger partial charge in [-0.3, -0.25) is 4.79 Å². The van der Waals surface area contributed by atoms with Gasteiger partial charge in [0, 0.05) is 26.7 Å². The van der Waals surface area contributed by atoms with Crippen molar-refractivity contribution in [2.24, 2.45) is 5.73 Å². The van der Waals surface area contributed by atoms with Gasteiger partial charge in [0.25, 0.3) is 0 Å². The van der Waals surface area contributed by atoms with Gasteiger partial charge in [-0.05, 0) is 14.0 Å². The van der Waals surface area contributed by atoms with Crippen molar-refractivity contribution in [2.75, 3.05) is 40.4 Å². The van der Waals surface area contributed by atoms with Gasteiger partial charge in [-0.15, -0.1) is 24.8 Å². The lowest BCUT2D eigenvalue weighted by molar-refractivity contribution is -0.122. The topological polar surface area (TPSA) is 67.6 Å². The third-order valence-corrected chi connectivity index (χ3v) is 1.88. The number of likely N-dealkylation sites (N-methyl/N-ethyl adjacent to an activating group) is 1. The molecule has 0 aliphatic heterocycles. The maximum Gasteiger partial charge on any atom is 0.236 e. The molecule has 1 atom stereocenters. The first-order valence-electron chi connectivity index (χ1n) is 4.78. The summed E-state index contributed by atoms with van der Waals surface area (Å²) >= 11 is 0. The molecule has 0 aromatic rings. The molecule has 0 aromatic heterocycles. The molecule has 0 saturated carbocycles. The largest absolute Gasteiger partial charge is 0.383 e. The minimum atomic E-state index is -0.431. The molecule has 16 heavy (non-hydrogen) atoms. The summed E-state index contributed by atoms with van der Waals surface area (Å²) in [7, 11) is 3.66. The molecule has 1 amide bonds. The Morgan fingerprint density at radius 1 is 1.44 bits per heavy atom. The highest BCUT2D eigenvalue weighted by molar-refractivity contribution is 5.85. The van der Waals surface area contributed by atoms with Crippen molar-refractivity contribution in [3.05, 3.63) is 0 Å². The lowest BCUT2D eigenvalue weighted by atomic mass is 10.3. The smallest absolute Gasteiger partial charge is 0.236 e. The van der Waals surface area contributed by atoms with E-state index >= 15 is 0 Å². The number of ether oxygens (including phenoxy) is 1. The van der Waals surface area contributed by atoms with Gasteiger partial charge in [0.1, 0.15) is 0 Å². The second-order valence-electron chi connectivity index (χ2n) is 3.38. The number of hydrogen-bond donors (Lipinski definition) is 2. The summed E-state index contributed by atoms with van der Waals surface area (Å²) in [6.45, 7) is 4.68. The summed E-state index contributed by atoms with van der Waals surface area (Å²) in [4.78, 5) is 13.1. The van der Waals surface area contributed by atoms with E-state index in [0.29, 0.717) is 13.2 Å². The van der Waals surface area contributed by atoms with E-state index in [4.69, 9.17) is 10.5 Å². The Morgan fingerprint density at radius 3 is 2.44 bits per heavy atom. The zero-order chi connectivity index (χ0) is 11.0. The Kier molecular flexibility index (Phi) is 17.3. The van der Waals surface area contributed by atoms with Crippen LogP contribution in [0.5, 0.6) is 0 Å². The summed E-state index contributed by atoms with van der Waals surface area (Å²) in [5, 5.41) is 2.74. The fraction of sp³-hybridized carbons (Fsp3) is 0.889. The van der Waals surface area contributed by atoms with Crippen LogP contribution in [0, 0.1) is 0 Å². The summed E-state index contributed by atoms with van der Waals surface area (Å²) in [6, 6.07) is -0.431. The number of rotatable bonds is 7. The molecule has 0 bridgehead atoms. The molecule has 0 rings (SSSR count). The van der Waals surface area contributed by atoms with Gasteiger partial charge in [0.2, 0.25) is 5.91 Å². The Labute approximate surface area is 110 Å². The second kappa shape index (κ2) is 13.0. The molecule has 0 heterocycles. The van der Waals surface area contributed by atoms with Gasteiger partial charge >= 0.3 is 0 Å². The molecular weight excluding hydrogens is 253 g/mol. The molecule has 0 fully saturated rings. The summed E-state index contributed by atoms with van der Waals surface area (Å²) in [5.74, 6) is -0.106. The summed E-state index contributed by atoms with van der Waals surface area (Å²) in [6.07, 6.45) is 0. The summed E-state index contributed by atoms with van der Waals surface area (Å²) in [5.41, 5.74) is 5.39. The van der Waals surface area contributed by atoms with E-state index in [0.717, 1.165) is 13.1 Å². The Hall–Kier alpha value is -0.0700. The minimum Gasteiger partial charge on any atom is -0.383 e. The van der Waals surface area contributed by atoms with Crippen molar-refractivity contribution in [3.63, 3.8) is 0 Å². The molecule has 0 aromatic carbocycles. The molecular formula is C9H23Cl2N3O2. The Bertz CT molecular complexity index is 171. The number of nitrogens with one attached hydrogen (secondary N) is 1. The number of carbonyl (C=O) groups excluding carboxylic acids is 1. The first-order valence-corrected chi connectivity index (χ1v) is 4.78. The van der Waals surface area contributed by atoms with Crippen molar-refractivity contribution in [1.82, 2.24) is 10.2 Å². The van der Waals surface area contributed by atoms with Crippen molar-refractivity contribution < 1.29 is 9.53 Å². The highest BCUT2D eigenvalue weighted by Gasteiger charge is 2.05. The Morgan fingerprint density at radius 2 is 2.00 bits per heavy atom. The van der Waals surface area contributed by atoms with Crippen LogP contribution in [0.4, 0.5) is 0 Å². The maximum atomic E-state index is 11.1. The fourth-order valence-corrected chi connectivity index (χ4v) is 0.890. The van der Waals surface area contributed by atoms with Crippen molar-refractivity contribution >= 4 is 30.7 Å². The standard InChI is InChI=1S/C9H21N3O2.2ClH/c1-8(10)9(13)11-4-5-12(2)6-7-14-3;;/h8H,4-7,10H2,1-3H3,(H,11,13);2*1H/t8-;;/m0../s1. The first-order chi connectivity index (χ1) is 6.57. The molecule has 3 N–H and O–H groups in total. The average molecular weight is 276 g/mol. The van der Waals surface area contributed by atoms with E-state index in [1.165, 1.54) is 0 Å². The normalized spacial score (nSPS) is 11.3. The van der Waals surface area contributed by atoms with Crippen LogP contribution in [0.2, 0.25) is 0 Å². The van der Waals surface area contributed by atoms with Crippen LogP contribution in [-0.4, -0.2) is 57.2 Å². The SMILES string of the molecule is COCCN(C)CCNC(=O)[C@H](C)N.Cl.Cl. The van der Waals surface area contributed by atoms with Crippen LogP contribution in [-0.2, 0) is 9.53 Å². The molecule has 0 spiro atoms. The van der Waals surface area contributed by atoms with Crippen LogP contribution in [0.25, 0.3) is 0 Å². The van der Waals surface area contributed by atoms with E-state index in [1.54, 1.807) is 14.0 Å². The van der Waals surface area contributed by atoms with E-state index in [2.05, 4.69) is 10.2 Å². The molecule has 0 aliphatic carbocycles. The molecule has 0 radical (unpaired) electrons. The zero-order valence-corrected chi connectivity index (χ0v) is 11.7. The van der Waals surface area contributed by atoms with Gasteiger partial charge in [0.15, 0.2) is 0 Å². The average Bonchev–Trinajstić information content (AvgIpc) is 2.14. The quantitative estimate of drug-likeness (QED) is 0.680. The number of nitrogens with zero attached hydrogens (tertiary/aromatic N) is 1. The lowest BCUT2D eigenvalue weighted by Crippen LogP contribution is -2.41.